The summed E-state index contributed by atoms with van der Waals surface area (Å²) in [5.74, 6) is -1.17. The Hall–Kier alpha value is -2.43. The standard InChI is InChI=1S/C18H19F2NO2/c1-13-6-4-7-14(12-13)23-11-3-2-10-17(22)21-18-15(19)8-5-9-16(18)20/h4-9,12H,2-3,10-11H2,1H3,(H,21,22). The molecule has 0 aromatic heterocycles. The average molecular weight is 319 g/mol. The van der Waals surface area contributed by atoms with Crippen molar-refractivity contribution in [3.8, 4) is 5.75 Å². The highest BCUT2D eigenvalue weighted by Gasteiger charge is 2.11. The first-order valence-corrected chi connectivity index (χ1v) is 7.49. The van der Waals surface area contributed by atoms with E-state index in [2.05, 4.69) is 5.32 Å². The number of para-hydroxylation sites is 1. The number of aryl methyl sites for hydroxylation is 1. The Labute approximate surface area is 134 Å². The maximum Gasteiger partial charge on any atom is 0.224 e. The van der Waals surface area contributed by atoms with Gasteiger partial charge < -0.3 is 10.1 Å². The summed E-state index contributed by atoms with van der Waals surface area (Å²) in [5, 5.41) is 2.26. The van der Waals surface area contributed by atoms with Gasteiger partial charge in [0.1, 0.15) is 23.1 Å². The highest BCUT2D eigenvalue weighted by Crippen LogP contribution is 2.18. The number of amides is 1. The molecular weight excluding hydrogens is 300 g/mol. The number of halogens is 2. The molecule has 23 heavy (non-hydrogen) atoms. The fourth-order valence-corrected chi connectivity index (χ4v) is 2.10. The Morgan fingerprint density at radius 3 is 2.48 bits per heavy atom. The Balaban J connectivity index is 1.69. The minimum Gasteiger partial charge on any atom is -0.494 e. The quantitative estimate of drug-likeness (QED) is 0.765. The Morgan fingerprint density at radius 2 is 1.78 bits per heavy atom. The van der Waals surface area contributed by atoms with E-state index in [-0.39, 0.29) is 6.42 Å². The van der Waals surface area contributed by atoms with E-state index < -0.39 is 23.2 Å². The van der Waals surface area contributed by atoms with E-state index in [0.29, 0.717) is 19.4 Å². The van der Waals surface area contributed by atoms with E-state index in [1.54, 1.807) is 0 Å². The second-order valence-corrected chi connectivity index (χ2v) is 5.27. The van der Waals surface area contributed by atoms with Crippen LogP contribution >= 0.6 is 0 Å². The lowest BCUT2D eigenvalue weighted by molar-refractivity contribution is -0.116. The van der Waals surface area contributed by atoms with Crippen LogP contribution in [0.2, 0.25) is 0 Å². The minimum atomic E-state index is -0.777. The van der Waals surface area contributed by atoms with Crippen molar-refractivity contribution < 1.29 is 18.3 Å². The summed E-state index contributed by atoms with van der Waals surface area (Å²) < 4.78 is 32.4. The number of hydrogen-bond acceptors (Lipinski definition) is 2. The second kappa shape index (κ2) is 8.27. The van der Waals surface area contributed by atoms with Crippen LogP contribution in [0.15, 0.2) is 42.5 Å². The monoisotopic (exact) mass is 319 g/mol. The lowest BCUT2D eigenvalue weighted by Crippen LogP contribution is -2.14. The maximum absolute atomic E-state index is 13.4. The SMILES string of the molecule is Cc1cccc(OCCCCC(=O)Nc2c(F)cccc2F)c1. The third-order valence-corrected chi connectivity index (χ3v) is 3.28. The molecule has 0 heterocycles. The summed E-state index contributed by atoms with van der Waals surface area (Å²) in [5.41, 5.74) is 0.724. The molecule has 0 saturated heterocycles. The van der Waals surface area contributed by atoms with E-state index >= 15 is 0 Å². The molecule has 0 bridgehead atoms. The number of carbonyl (C=O) groups excluding carboxylic acids is 1. The molecule has 2 aromatic carbocycles. The molecule has 0 unspecified atom stereocenters. The molecule has 0 radical (unpaired) electrons. The first kappa shape index (κ1) is 16.9. The third-order valence-electron chi connectivity index (χ3n) is 3.28. The van der Waals surface area contributed by atoms with Crippen molar-refractivity contribution in [1.82, 2.24) is 0 Å². The normalized spacial score (nSPS) is 10.4. The van der Waals surface area contributed by atoms with Gasteiger partial charge in [-0.25, -0.2) is 8.78 Å². The van der Waals surface area contributed by atoms with Crippen LogP contribution in [0.1, 0.15) is 24.8 Å². The van der Waals surface area contributed by atoms with Crippen LogP contribution in [-0.2, 0) is 4.79 Å². The van der Waals surface area contributed by atoms with Gasteiger partial charge in [-0.15, -0.1) is 0 Å². The summed E-state index contributed by atoms with van der Waals surface area (Å²) >= 11 is 0. The summed E-state index contributed by atoms with van der Waals surface area (Å²) in [7, 11) is 0. The van der Waals surface area contributed by atoms with Gasteiger partial charge in [-0.05, 0) is 49.6 Å². The molecule has 0 aliphatic rings. The fourth-order valence-electron chi connectivity index (χ4n) is 2.10. The van der Waals surface area contributed by atoms with Crippen molar-refractivity contribution in [3.05, 3.63) is 59.7 Å². The van der Waals surface area contributed by atoms with Crippen LogP contribution in [0.4, 0.5) is 14.5 Å². The van der Waals surface area contributed by atoms with Crippen LogP contribution in [-0.4, -0.2) is 12.5 Å². The highest BCUT2D eigenvalue weighted by molar-refractivity contribution is 5.90. The molecule has 0 saturated carbocycles. The van der Waals surface area contributed by atoms with Gasteiger partial charge in [0.25, 0.3) is 0 Å². The van der Waals surface area contributed by atoms with Crippen LogP contribution in [0, 0.1) is 18.6 Å². The van der Waals surface area contributed by atoms with Gasteiger partial charge in [0.15, 0.2) is 0 Å². The number of nitrogens with one attached hydrogen (secondary N) is 1. The van der Waals surface area contributed by atoms with Gasteiger partial charge in [-0.2, -0.15) is 0 Å². The molecule has 3 nitrogen and oxygen atoms in total. The zero-order chi connectivity index (χ0) is 16.7. The first-order chi connectivity index (χ1) is 11.1. The Bertz CT molecular complexity index is 654. The Morgan fingerprint density at radius 1 is 1.09 bits per heavy atom. The van der Waals surface area contributed by atoms with Crippen LogP contribution in [0.3, 0.4) is 0 Å². The molecule has 0 aliphatic carbocycles. The van der Waals surface area contributed by atoms with E-state index in [1.165, 1.54) is 6.07 Å². The smallest absolute Gasteiger partial charge is 0.224 e. The van der Waals surface area contributed by atoms with Crippen LogP contribution in [0.25, 0.3) is 0 Å². The zero-order valence-corrected chi connectivity index (χ0v) is 12.9. The van der Waals surface area contributed by atoms with Crippen molar-refractivity contribution >= 4 is 11.6 Å². The van der Waals surface area contributed by atoms with Crippen LogP contribution in [0.5, 0.6) is 5.75 Å². The number of carbonyl (C=O) groups is 1. The molecule has 5 heteroatoms. The lowest BCUT2D eigenvalue weighted by Gasteiger charge is -2.08. The summed E-state index contributed by atoms with van der Waals surface area (Å²) in [6.45, 7) is 2.48. The number of rotatable bonds is 7. The summed E-state index contributed by atoms with van der Waals surface area (Å²) in [6.07, 6.45) is 1.44. The third kappa shape index (κ3) is 5.36. The van der Waals surface area contributed by atoms with Gasteiger partial charge in [0.2, 0.25) is 5.91 Å². The number of ether oxygens (including phenoxy) is 1. The molecule has 0 atom stereocenters. The van der Waals surface area contributed by atoms with Gasteiger partial charge in [0.05, 0.1) is 6.61 Å². The molecule has 0 spiro atoms. The van der Waals surface area contributed by atoms with E-state index in [9.17, 15) is 13.6 Å². The highest BCUT2D eigenvalue weighted by atomic mass is 19.1. The zero-order valence-electron chi connectivity index (χ0n) is 12.9. The second-order valence-electron chi connectivity index (χ2n) is 5.27. The summed E-state index contributed by atoms with van der Waals surface area (Å²) in [4.78, 5) is 11.7. The van der Waals surface area contributed by atoms with Gasteiger partial charge in [0, 0.05) is 6.42 Å². The van der Waals surface area contributed by atoms with Crippen molar-refractivity contribution in [2.45, 2.75) is 26.2 Å². The number of hydrogen-bond donors (Lipinski definition) is 1. The molecule has 2 rings (SSSR count). The maximum atomic E-state index is 13.4. The molecule has 0 fully saturated rings. The van der Waals surface area contributed by atoms with Gasteiger partial charge in [-0.1, -0.05) is 18.2 Å². The average Bonchev–Trinajstić information content (AvgIpc) is 2.51. The Kier molecular flexibility index (Phi) is 6.09. The van der Waals surface area contributed by atoms with Gasteiger partial charge >= 0.3 is 0 Å². The molecule has 1 amide bonds. The number of anilines is 1. The van der Waals surface area contributed by atoms with E-state index in [0.717, 1.165) is 23.4 Å². The fraction of sp³-hybridized carbons (Fsp3) is 0.278. The number of benzene rings is 2. The molecule has 122 valence electrons. The molecule has 1 N–H and O–H groups in total. The predicted octanol–water partition coefficient (Wildman–Crippen LogP) is 4.46. The van der Waals surface area contributed by atoms with Crippen molar-refractivity contribution in [1.29, 1.82) is 0 Å². The van der Waals surface area contributed by atoms with Crippen molar-refractivity contribution in [2.75, 3.05) is 11.9 Å². The minimum absolute atomic E-state index is 0.185. The largest absolute Gasteiger partial charge is 0.494 e. The van der Waals surface area contributed by atoms with Crippen molar-refractivity contribution in [2.24, 2.45) is 0 Å². The van der Waals surface area contributed by atoms with E-state index in [4.69, 9.17) is 4.74 Å². The van der Waals surface area contributed by atoms with Crippen LogP contribution < -0.4 is 10.1 Å². The topological polar surface area (TPSA) is 38.3 Å². The predicted molar refractivity (Wildman–Crippen MR) is 85.5 cm³/mol. The van der Waals surface area contributed by atoms with Gasteiger partial charge in [-0.3, -0.25) is 4.79 Å². The molecule has 2 aromatic rings. The number of unbranched alkanes of at least 4 members (excludes halogenated alkanes) is 1. The summed E-state index contributed by atoms with van der Waals surface area (Å²) in [6, 6.07) is 11.2. The molecular formula is C18H19F2NO2. The first-order valence-electron chi connectivity index (χ1n) is 7.49. The molecule has 0 aliphatic heterocycles. The van der Waals surface area contributed by atoms with Crippen molar-refractivity contribution in [3.63, 3.8) is 0 Å². The van der Waals surface area contributed by atoms with E-state index in [1.807, 2.05) is 31.2 Å². The lowest BCUT2D eigenvalue weighted by atomic mass is 10.2.